The lowest BCUT2D eigenvalue weighted by Gasteiger charge is -2.36. The summed E-state index contributed by atoms with van der Waals surface area (Å²) in [5.74, 6) is 0.347. The summed E-state index contributed by atoms with van der Waals surface area (Å²) >= 11 is 8.17. The molecule has 3 aromatic rings. The Balaban J connectivity index is 1.06. The van der Waals surface area contributed by atoms with E-state index in [1.165, 1.54) is 21.2 Å². The molecule has 0 unspecified atom stereocenters. The van der Waals surface area contributed by atoms with Crippen LogP contribution in [0.3, 0.4) is 0 Å². The van der Waals surface area contributed by atoms with Gasteiger partial charge in [0.05, 0.1) is 24.0 Å². The lowest BCUT2D eigenvalue weighted by atomic mass is 10.2. The highest BCUT2D eigenvalue weighted by molar-refractivity contribution is 7.99. The lowest BCUT2D eigenvalue weighted by molar-refractivity contribution is 0.0422. The highest BCUT2D eigenvalue weighted by Gasteiger charge is 2.24. The average molecular weight is 538 g/mol. The van der Waals surface area contributed by atoms with E-state index in [-0.39, 0.29) is 5.97 Å². The fourth-order valence-corrected chi connectivity index (χ4v) is 6.08. The number of halogens is 1. The summed E-state index contributed by atoms with van der Waals surface area (Å²) in [6.07, 6.45) is 1.07. The summed E-state index contributed by atoms with van der Waals surface area (Å²) in [4.78, 5) is 22.2. The zero-order valence-corrected chi connectivity index (χ0v) is 22.6. The first-order valence-electron chi connectivity index (χ1n) is 12.7. The molecule has 6 nitrogen and oxygen atoms in total. The van der Waals surface area contributed by atoms with Gasteiger partial charge in [-0.2, -0.15) is 0 Å². The Morgan fingerprint density at radius 1 is 0.865 bits per heavy atom. The van der Waals surface area contributed by atoms with Crippen LogP contribution in [0.15, 0.2) is 76.5 Å². The van der Waals surface area contributed by atoms with Gasteiger partial charge in [0, 0.05) is 54.1 Å². The minimum absolute atomic E-state index is 0.307. The summed E-state index contributed by atoms with van der Waals surface area (Å²) in [5.41, 5.74) is 2.98. The third kappa shape index (κ3) is 6.41. The molecule has 0 bridgehead atoms. The summed E-state index contributed by atoms with van der Waals surface area (Å²) in [6.45, 7) is 7.17. The van der Waals surface area contributed by atoms with Crippen molar-refractivity contribution in [3.8, 4) is 5.75 Å². The van der Waals surface area contributed by atoms with Gasteiger partial charge in [0.15, 0.2) is 0 Å². The zero-order valence-electron chi connectivity index (χ0n) is 21.1. The molecule has 5 rings (SSSR count). The maximum atomic E-state index is 12.3. The molecule has 8 heteroatoms. The number of benzene rings is 3. The number of para-hydroxylation sites is 1. The second-order valence-corrected chi connectivity index (χ2v) is 10.8. The molecule has 0 spiro atoms. The van der Waals surface area contributed by atoms with E-state index in [9.17, 15) is 4.79 Å². The van der Waals surface area contributed by atoms with Gasteiger partial charge in [-0.3, -0.25) is 4.90 Å². The summed E-state index contributed by atoms with van der Waals surface area (Å²) in [5, 5.41) is 0.772. The predicted molar refractivity (Wildman–Crippen MR) is 150 cm³/mol. The number of hydrogen-bond acceptors (Lipinski definition) is 7. The molecule has 0 atom stereocenters. The van der Waals surface area contributed by atoms with E-state index in [1.54, 1.807) is 25.3 Å². The van der Waals surface area contributed by atoms with E-state index >= 15 is 0 Å². The van der Waals surface area contributed by atoms with Gasteiger partial charge in [-0.1, -0.05) is 41.6 Å². The van der Waals surface area contributed by atoms with E-state index in [1.807, 2.05) is 23.9 Å². The molecule has 1 fully saturated rings. The van der Waals surface area contributed by atoms with Crippen LogP contribution in [0.25, 0.3) is 0 Å². The second kappa shape index (κ2) is 12.2. The van der Waals surface area contributed by atoms with Crippen LogP contribution in [0.1, 0.15) is 16.8 Å². The van der Waals surface area contributed by atoms with Crippen LogP contribution in [0.2, 0.25) is 5.02 Å². The van der Waals surface area contributed by atoms with Crippen LogP contribution in [-0.4, -0.2) is 75.3 Å². The Labute approximate surface area is 228 Å². The van der Waals surface area contributed by atoms with Crippen molar-refractivity contribution >= 4 is 40.7 Å². The topological polar surface area (TPSA) is 45.3 Å². The van der Waals surface area contributed by atoms with Gasteiger partial charge in [-0.15, -0.1) is 0 Å². The van der Waals surface area contributed by atoms with Crippen LogP contribution < -0.4 is 9.64 Å². The van der Waals surface area contributed by atoms with Crippen LogP contribution >= 0.6 is 23.4 Å². The average Bonchev–Trinajstić information content (AvgIpc) is 2.93. The Morgan fingerprint density at radius 2 is 1.62 bits per heavy atom. The number of fused-ring (bicyclic) bond motifs is 2. The maximum Gasteiger partial charge on any atom is 0.338 e. The number of carbonyl (C=O) groups is 1. The van der Waals surface area contributed by atoms with Crippen molar-refractivity contribution in [3.05, 3.63) is 77.3 Å². The lowest BCUT2D eigenvalue weighted by Crippen LogP contribution is -2.47. The van der Waals surface area contributed by atoms with Gasteiger partial charge < -0.3 is 19.3 Å². The van der Waals surface area contributed by atoms with E-state index < -0.39 is 0 Å². The van der Waals surface area contributed by atoms with Gasteiger partial charge in [0.1, 0.15) is 12.4 Å². The number of hydrogen-bond donors (Lipinski definition) is 0. The van der Waals surface area contributed by atoms with Gasteiger partial charge in [-0.25, -0.2) is 4.79 Å². The number of rotatable bonds is 9. The molecule has 0 N–H and O–H groups in total. The third-order valence-electron chi connectivity index (χ3n) is 6.85. The molecule has 0 amide bonds. The fourth-order valence-electron chi connectivity index (χ4n) is 4.83. The van der Waals surface area contributed by atoms with Gasteiger partial charge >= 0.3 is 5.97 Å². The highest BCUT2D eigenvalue weighted by Crippen LogP contribution is 2.48. The summed E-state index contributed by atoms with van der Waals surface area (Å²) < 4.78 is 10.7. The maximum absolute atomic E-state index is 12.3. The number of esters is 1. The predicted octanol–water partition coefficient (Wildman–Crippen LogP) is 5.82. The van der Waals surface area contributed by atoms with Crippen molar-refractivity contribution in [2.24, 2.45) is 0 Å². The molecular formula is C29H32ClN3O3S. The summed E-state index contributed by atoms with van der Waals surface area (Å²) in [7, 11) is 1.59. The van der Waals surface area contributed by atoms with Crippen molar-refractivity contribution < 1.29 is 14.3 Å². The normalized spacial score (nSPS) is 15.7. The van der Waals surface area contributed by atoms with Gasteiger partial charge in [-0.05, 0) is 61.5 Å². The van der Waals surface area contributed by atoms with Crippen molar-refractivity contribution in [1.29, 1.82) is 0 Å². The van der Waals surface area contributed by atoms with E-state index in [2.05, 4.69) is 51.1 Å². The summed E-state index contributed by atoms with van der Waals surface area (Å²) in [6, 6.07) is 21.8. The van der Waals surface area contributed by atoms with Crippen molar-refractivity contribution in [2.45, 2.75) is 16.2 Å². The molecule has 0 saturated carbocycles. The molecule has 194 valence electrons. The first kappa shape index (κ1) is 25.9. The molecule has 0 aliphatic carbocycles. The standard InChI is InChI=1S/C29H32ClN3O3S/c1-35-24-7-4-6-22(20-24)29(34)36-19-18-32-16-14-31(15-17-32)12-5-13-33-25-8-2-3-9-27(25)37-28-11-10-23(30)21-26(28)33/h2-4,6-11,20-21H,5,12-19H2,1H3. The van der Waals surface area contributed by atoms with Gasteiger partial charge in [0.25, 0.3) is 0 Å². The van der Waals surface area contributed by atoms with E-state index in [4.69, 9.17) is 21.1 Å². The Morgan fingerprint density at radius 3 is 2.43 bits per heavy atom. The zero-order chi connectivity index (χ0) is 25.6. The Kier molecular flexibility index (Phi) is 8.56. The third-order valence-corrected chi connectivity index (χ3v) is 8.22. The fraction of sp³-hybridized carbons (Fsp3) is 0.345. The Bertz CT molecular complexity index is 1230. The molecule has 2 heterocycles. The molecule has 2 aliphatic heterocycles. The SMILES string of the molecule is COc1cccc(C(=O)OCCN2CCN(CCCN3c4ccccc4Sc4ccc(Cl)cc43)CC2)c1. The van der Waals surface area contributed by atoms with Crippen LogP contribution in [0.4, 0.5) is 11.4 Å². The molecular weight excluding hydrogens is 506 g/mol. The van der Waals surface area contributed by atoms with Crippen LogP contribution in [0, 0.1) is 0 Å². The number of methoxy groups -OCH3 is 1. The molecule has 2 aliphatic rings. The Hall–Kier alpha value is -2.71. The number of ether oxygens (including phenoxy) is 2. The number of anilines is 2. The number of nitrogens with zero attached hydrogens (tertiary/aromatic N) is 3. The first-order chi connectivity index (χ1) is 18.1. The first-order valence-corrected chi connectivity index (χ1v) is 13.9. The molecule has 0 radical (unpaired) electrons. The number of piperazine rings is 1. The minimum atomic E-state index is -0.307. The molecule has 37 heavy (non-hydrogen) atoms. The number of carbonyl (C=O) groups excluding carboxylic acids is 1. The van der Waals surface area contributed by atoms with Gasteiger partial charge in [0.2, 0.25) is 0 Å². The van der Waals surface area contributed by atoms with Crippen LogP contribution in [0.5, 0.6) is 5.75 Å². The van der Waals surface area contributed by atoms with Crippen molar-refractivity contribution in [1.82, 2.24) is 9.80 Å². The minimum Gasteiger partial charge on any atom is -0.497 e. The molecule has 3 aromatic carbocycles. The van der Waals surface area contributed by atoms with Crippen molar-refractivity contribution in [3.63, 3.8) is 0 Å². The molecule has 0 aromatic heterocycles. The monoisotopic (exact) mass is 537 g/mol. The molecule has 1 saturated heterocycles. The second-order valence-electron chi connectivity index (χ2n) is 9.24. The quantitative estimate of drug-likeness (QED) is 0.319. The van der Waals surface area contributed by atoms with E-state index in [0.717, 1.165) is 57.3 Å². The van der Waals surface area contributed by atoms with Crippen molar-refractivity contribution in [2.75, 3.05) is 64.4 Å². The van der Waals surface area contributed by atoms with Crippen LogP contribution in [-0.2, 0) is 4.74 Å². The smallest absolute Gasteiger partial charge is 0.338 e. The largest absolute Gasteiger partial charge is 0.497 e. The highest BCUT2D eigenvalue weighted by atomic mass is 35.5. The van der Waals surface area contributed by atoms with E-state index in [0.29, 0.717) is 17.9 Å².